The number of rotatable bonds is 6. The van der Waals surface area contributed by atoms with Crippen molar-refractivity contribution in [2.45, 2.75) is 46.1 Å². The van der Waals surface area contributed by atoms with E-state index in [1.807, 2.05) is 6.92 Å². The van der Waals surface area contributed by atoms with Gasteiger partial charge in [-0.15, -0.1) is 0 Å². The number of nitrogens with zero attached hydrogens (tertiary/aromatic N) is 1. The summed E-state index contributed by atoms with van der Waals surface area (Å²) >= 11 is 0. The minimum atomic E-state index is -0.935. The van der Waals surface area contributed by atoms with E-state index in [0.29, 0.717) is 13.0 Å². The maximum atomic E-state index is 12.2. The van der Waals surface area contributed by atoms with Crippen molar-refractivity contribution in [3.63, 3.8) is 0 Å². The number of pyridine rings is 1. The number of unbranched alkanes of at least 4 members (excludes halogenated alkanes) is 2. The number of hydrogen-bond donors (Lipinski definition) is 1. The van der Waals surface area contributed by atoms with Crippen molar-refractivity contribution in [3.8, 4) is 0 Å². The van der Waals surface area contributed by atoms with Gasteiger partial charge in [0.05, 0.1) is 11.1 Å². The fourth-order valence-electron chi connectivity index (χ4n) is 2.67. The molecular formula is C17H21NO3. The van der Waals surface area contributed by atoms with Crippen LogP contribution >= 0.6 is 0 Å². The third-order valence-corrected chi connectivity index (χ3v) is 3.77. The van der Waals surface area contributed by atoms with Gasteiger partial charge in [0.15, 0.2) is 0 Å². The Labute approximate surface area is 124 Å². The van der Waals surface area contributed by atoms with Gasteiger partial charge in [-0.1, -0.05) is 26.7 Å². The van der Waals surface area contributed by atoms with Crippen LogP contribution in [-0.4, -0.2) is 15.6 Å². The average molecular weight is 287 g/mol. The molecule has 0 bridgehead atoms. The first-order valence-electron chi connectivity index (χ1n) is 7.48. The van der Waals surface area contributed by atoms with Crippen LogP contribution in [0, 0.1) is 0 Å². The van der Waals surface area contributed by atoms with E-state index in [0.717, 1.165) is 35.7 Å². The lowest BCUT2D eigenvalue weighted by Gasteiger charge is -2.14. The van der Waals surface area contributed by atoms with Crippen LogP contribution in [0.5, 0.6) is 0 Å². The predicted octanol–water partition coefficient (Wildman–Crippen LogP) is 3.45. The Morgan fingerprint density at radius 3 is 2.57 bits per heavy atom. The predicted molar refractivity (Wildman–Crippen MR) is 84.1 cm³/mol. The zero-order valence-corrected chi connectivity index (χ0v) is 12.6. The van der Waals surface area contributed by atoms with Crippen LogP contribution in [0.4, 0.5) is 0 Å². The van der Waals surface area contributed by atoms with E-state index in [-0.39, 0.29) is 11.1 Å². The van der Waals surface area contributed by atoms with E-state index in [4.69, 9.17) is 0 Å². The standard InChI is InChI=1S/C17H21NO3/c1-3-5-6-9-18-15(19)8-7-13-11-14(17(20)21)10-12(4-2)16(13)18/h7-8,10-11H,3-6,9H2,1-2H3,(H,20,21). The molecule has 0 radical (unpaired) electrons. The van der Waals surface area contributed by atoms with Crippen LogP contribution in [-0.2, 0) is 13.0 Å². The monoisotopic (exact) mass is 287 g/mol. The topological polar surface area (TPSA) is 59.3 Å². The number of aromatic carboxylic acids is 1. The van der Waals surface area contributed by atoms with Crippen LogP contribution in [0.2, 0.25) is 0 Å². The molecule has 4 heteroatoms. The SMILES string of the molecule is CCCCCn1c(=O)ccc2cc(C(=O)O)cc(CC)c21. The first-order chi connectivity index (χ1) is 10.1. The molecule has 112 valence electrons. The number of carboxylic acids is 1. The van der Waals surface area contributed by atoms with Crippen LogP contribution < -0.4 is 5.56 Å². The second kappa shape index (κ2) is 6.57. The number of carboxylic acid groups (broad SMARTS) is 1. The Hall–Kier alpha value is -2.10. The Kier molecular flexibility index (Phi) is 4.78. The molecule has 1 aromatic heterocycles. The lowest BCUT2D eigenvalue weighted by atomic mass is 10.0. The number of carbonyl (C=O) groups is 1. The largest absolute Gasteiger partial charge is 0.478 e. The van der Waals surface area contributed by atoms with Crippen molar-refractivity contribution in [1.82, 2.24) is 4.57 Å². The molecule has 0 unspecified atom stereocenters. The number of aryl methyl sites for hydroxylation is 2. The van der Waals surface area contributed by atoms with E-state index < -0.39 is 5.97 Å². The van der Waals surface area contributed by atoms with Gasteiger partial charge in [0.2, 0.25) is 0 Å². The molecule has 0 spiro atoms. The van der Waals surface area contributed by atoms with Gasteiger partial charge in [0, 0.05) is 12.6 Å². The number of aromatic nitrogens is 1. The van der Waals surface area contributed by atoms with Crippen molar-refractivity contribution in [3.05, 3.63) is 45.7 Å². The molecular weight excluding hydrogens is 266 g/mol. The summed E-state index contributed by atoms with van der Waals surface area (Å²) in [6.07, 6.45) is 3.84. The zero-order valence-electron chi connectivity index (χ0n) is 12.6. The lowest BCUT2D eigenvalue weighted by Crippen LogP contribution is -2.20. The smallest absolute Gasteiger partial charge is 0.335 e. The molecule has 21 heavy (non-hydrogen) atoms. The van der Waals surface area contributed by atoms with Gasteiger partial charge in [0.1, 0.15) is 0 Å². The van der Waals surface area contributed by atoms with Crippen molar-refractivity contribution >= 4 is 16.9 Å². The second-order valence-corrected chi connectivity index (χ2v) is 5.26. The summed E-state index contributed by atoms with van der Waals surface area (Å²) in [5.74, 6) is -0.935. The van der Waals surface area contributed by atoms with Gasteiger partial charge in [-0.2, -0.15) is 0 Å². The molecule has 1 aromatic carbocycles. The molecule has 0 saturated carbocycles. The third-order valence-electron chi connectivity index (χ3n) is 3.77. The Bertz CT molecular complexity index is 716. The van der Waals surface area contributed by atoms with E-state index >= 15 is 0 Å². The number of benzene rings is 1. The van der Waals surface area contributed by atoms with Crippen LogP contribution in [0.1, 0.15) is 49.0 Å². The molecule has 1 heterocycles. The summed E-state index contributed by atoms with van der Waals surface area (Å²) < 4.78 is 1.79. The van der Waals surface area contributed by atoms with Gasteiger partial charge in [-0.25, -0.2) is 4.79 Å². The fourth-order valence-corrected chi connectivity index (χ4v) is 2.67. The van der Waals surface area contributed by atoms with Crippen LogP contribution in [0.3, 0.4) is 0 Å². The zero-order chi connectivity index (χ0) is 15.4. The first kappa shape index (κ1) is 15.3. The molecule has 0 atom stereocenters. The molecule has 0 aliphatic heterocycles. The Morgan fingerprint density at radius 1 is 1.19 bits per heavy atom. The average Bonchev–Trinajstić information content (AvgIpc) is 2.48. The maximum absolute atomic E-state index is 12.2. The highest BCUT2D eigenvalue weighted by Crippen LogP contribution is 2.21. The van der Waals surface area contributed by atoms with Crippen LogP contribution in [0.15, 0.2) is 29.1 Å². The van der Waals surface area contributed by atoms with Gasteiger partial charge in [-0.05, 0) is 42.0 Å². The van der Waals surface area contributed by atoms with Crippen molar-refractivity contribution in [2.75, 3.05) is 0 Å². The molecule has 2 rings (SSSR count). The first-order valence-corrected chi connectivity index (χ1v) is 7.48. The molecule has 4 nitrogen and oxygen atoms in total. The highest BCUT2D eigenvalue weighted by atomic mass is 16.4. The van der Waals surface area contributed by atoms with Gasteiger partial charge in [-0.3, -0.25) is 4.79 Å². The summed E-state index contributed by atoms with van der Waals surface area (Å²) in [5, 5.41) is 10.0. The van der Waals surface area contributed by atoms with E-state index in [1.54, 1.807) is 22.8 Å². The third kappa shape index (κ3) is 3.15. The van der Waals surface area contributed by atoms with E-state index in [1.165, 1.54) is 6.07 Å². The summed E-state index contributed by atoms with van der Waals surface area (Å²) in [4.78, 5) is 23.4. The lowest BCUT2D eigenvalue weighted by molar-refractivity contribution is 0.0697. The van der Waals surface area contributed by atoms with Crippen LogP contribution in [0.25, 0.3) is 10.9 Å². The van der Waals surface area contributed by atoms with E-state index in [9.17, 15) is 14.7 Å². The Balaban J connectivity index is 2.64. The molecule has 0 saturated heterocycles. The summed E-state index contributed by atoms with van der Waals surface area (Å²) in [6.45, 7) is 4.79. The van der Waals surface area contributed by atoms with Crippen molar-refractivity contribution in [1.29, 1.82) is 0 Å². The summed E-state index contributed by atoms with van der Waals surface area (Å²) in [6, 6.07) is 6.58. The highest BCUT2D eigenvalue weighted by molar-refractivity contribution is 5.94. The second-order valence-electron chi connectivity index (χ2n) is 5.26. The highest BCUT2D eigenvalue weighted by Gasteiger charge is 2.12. The molecule has 1 N–H and O–H groups in total. The van der Waals surface area contributed by atoms with Crippen molar-refractivity contribution < 1.29 is 9.90 Å². The van der Waals surface area contributed by atoms with Gasteiger partial charge >= 0.3 is 5.97 Å². The molecule has 0 aliphatic carbocycles. The molecule has 0 amide bonds. The quantitative estimate of drug-likeness (QED) is 0.828. The molecule has 2 aromatic rings. The minimum Gasteiger partial charge on any atom is -0.478 e. The Morgan fingerprint density at radius 2 is 1.95 bits per heavy atom. The minimum absolute atomic E-state index is 0.0172. The number of hydrogen-bond acceptors (Lipinski definition) is 2. The summed E-state index contributed by atoms with van der Waals surface area (Å²) in [5.41, 5.74) is 2.06. The normalized spacial score (nSPS) is 11.0. The van der Waals surface area contributed by atoms with Crippen molar-refractivity contribution in [2.24, 2.45) is 0 Å². The molecule has 0 aliphatic rings. The van der Waals surface area contributed by atoms with E-state index in [2.05, 4.69) is 6.92 Å². The fraction of sp³-hybridized carbons (Fsp3) is 0.412. The van der Waals surface area contributed by atoms with Gasteiger partial charge in [0.25, 0.3) is 5.56 Å². The maximum Gasteiger partial charge on any atom is 0.335 e. The number of fused-ring (bicyclic) bond motifs is 1. The molecule has 0 fully saturated rings. The van der Waals surface area contributed by atoms with Gasteiger partial charge < -0.3 is 9.67 Å². The summed E-state index contributed by atoms with van der Waals surface area (Å²) in [7, 11) is 0.